The van der Waals surface area contributed by atoms with Crippen LogP contribution in [-0.4, -0.2) is 33.3 Å². The third-order valence-electron chi connectivity index (χ3n) is 4.79. The molecule has 0 aromatic heterocycles. The molecule has 2 aromatic carbocycles. The van der Waals surface area contributed by atoms with Gasteiger partial charge in [-0.2, -0.15) is 0 Å². The van der Waals surface area contributed by atoms with Gasteiger partial charge in [-0.25, -0.2) is 22.0 Å². The summed E-state index contributed by atoms with van der Waals surface area (Å²) in [5, 5.41) is 2.63. The van der Waals surface area contributed by atoms with E-state index in [1.165, 1.54) is 21.1 Å². The first-order valence-electron chi connectivity index (χ1n) is 8.91. The molecule has 1 saturated heterocycles. The van der Waals surface area contributed by atoms with Crippen LogP contribution in [0.4, 0.5) is 27.6 Å². The molecule has 31 heavy (non-hydrogen) atoms. The summed E-state index contributed by atoms with van der Waals surface area (Å²) in [5.41, 5.74) is -2.27. The molecule has 11 heteroatoms. The van der Waals surface area contributed by atoms with Crippen LogP contribution >= 0.6 is 0 Å². The highest BCUT2D eigenvalue weighted by molar-refractivity contribution is 5.96. The average molecular weight is 447 g/mol. The van der Waals surface area contributed by atoms with Gasteiger partial charge in [0.15, 0.2) is 29.6 Å². The predicted molar refractivity (Wildman–Crippen MR) is 97.2 cm³/mol. The standard InChI is InChI=1S/C20H18F5NO5/c1-20(19(27)26-10-5-4-9(28-2)6-11(10)29-3)7-30-18(31-8-20)12-13(21)15(23)17(25)16(24)14(12)22/h4-6,18H,7-8H2,1-3H3,(H,26,27). The van der Waals surface area contributed by atoms with Gasteiger partial charge in [0, 0.05) is 6.07 Å². The van der Waals surface area contributed by atoms with Crippen molar-refractivity contribution >= 4 is 11.6 Å². The second-order valence-corrected chi connectivity index (χ2v) is 7.02. The van der Waals surface area contributed by atoms with Crippen molar-refractivity contribution in [1.82, 2.24) is 0 Å². The summed E-state index contributed by atoms with van der Waals surface area (Å²) in [4.78, 5) is 12.8. The number of amides is 1. The zero-order valence-corrected chi connectivity index (χ0v) is 16.7. The molecule has 0 atom stereocenters. The van der Waals surface area contributed by atoms with E-state index in [0.717, 1.165) is 0 Å². The molecular formula is C20H18F5NO5. The highest BCUT2D eigenvalue weighted by Gasteiger charge is 2.42. The molecule has 0 bridgehead atoms. The minimum Gasteiger partial charge on any atom is -0.497 e. The monoisotopic (exact) mass is 447 g/mol. The molecule has 0 unspecified atom stereocenters. The first-order valence-corrected chi connectivity index (χ1v) is 8.91. The Labute approximate surface area is 173 Å². The fourth-order valence-corrected chi connectivity index (χ4v) is 2.91. The zero-order valence-electron chi connectivity index (χ0n) is 16.7. The number of hydrogen-bond acceptors (Lipinski definition) is 5. The normalized spacial score (nSPS) is 21.0. The second kappa shape index (κ2) is 8.67. The average Bonchev–Trinajstić information content (AvgIpc) is 2.78. The van der Waals surface area contributed by atoms with Gasteiger partial charge in [0.25, 0.3) is 0 Å². The van der Waals surface area contributed by atoms with Gasteiger partial charge in [-0.1, -0.05) is 0 Å². The van der Waals surface area contributed by atoms with Crippen LogP contribution in [0.3, 0.4) is 0 Å². The Morgan fingerprint density at radius 1 is 0.968 bits per heavy atom. The Balaban J connectivity index is 1.77. The maximum absolute atomic E-state index is 14.0. The van der Waals surface area contributed by atoms with Crippen molar-refractivity contribution in [1.29, 1.82) is 0 Å². The summed E-state index contributed by atoms with van der Waals surface area (Å²) in [6.07, 6.45) is -1.87. The topological polar surface area (TPSA) is 66.0 Å². The van der Waals surface area contributed by atoms with E-state index in [1.54, 1.807) is 18.2 Å². The van der Waals surface area contributed by atoms with Crippen LogP contribution in [0.25, 0.3) is 0 Å². The number of methoxy groups -OCH3 is 2. The zero-order chi connectivity index (χ0) is 22.9. The number of halogens is 5. The van der Waals surface area contributed by atoms with Crippen LogP contribution in [0.1, 0.15) is 18.8 Å². The minimum absolute atomic E-state index is 0.313. The Morgan fingerprint density at radius 3 is 2.03 bits per heavy atom. The lowest BCUT2D eigenvalue weighted by Gasteiger charge is -2.36. The molecule has 2 aromatic rings. The molecule has 0 spiro atoms. The fraction of sp³-hybridized carbons (Fsp3) is 0.350. The number of hydrogen-bond donors (Lipinski definition) is 1. The first kappa shape index (κ1) is 22.8. The lowest BCUT2D eigenvalue weighted by molar-refractivity contribution is -0.228. The summed E-state index contributed by atoms with van der Waals surface area (Å²) in [7, 11) is 2.86. The number of carbonyl (C=O) groups excluding carboxylic acids is 1. The van der Waals surface area contributed by atoms with E-state index in [1.807, 2.05) is 0 Å². The number of benzene rings is 2. The Hall–Kier alpha value is -2.92. The van der Waals surface area contributed by atoms with Crippen molar-refractivity contribution in [2.75, 3.05) is 32.8 Å². The number of anilines is 1. The van der Waals surface area contributed by atoms with Crippen molar-refractivity contribution in [2.45, 2.75) is 13.2 Å². The molecule has 1 N–H and O–H groups in total. The van der Waals surface area contributed by atoms with Gasteiger partial charge in [0.1, 0.15) is 11.5 Å². The number of carbonyl (C=O) groups is 1. The first-order chi connectivity index (χ1) is 14.6. The molecule has 1 amide bonds. The maximum atomic E-state index is 14.0. The van der Waals surface area contributed by atoms with Gasteiger partial charge in [-0.3, -0.25) is 4.79 Å². The molecular weight excluding hydrogens is 429 g/mol. The highest BCUT2D eigenvalue weighted by atomic mass is 19.2. The third-order valence-corrected chi connectivity index (χ3v) is 4.79. The lowest BCUT2D eigenvalue weighted by Crippen LogP contribution is -2.46. The predicted octanol–water partition coefficient (Wildman–Crippen LogP) is 4.09. The third kappa shape index (κ3) is 4.15. The van der Waals surface area contributed by atoms with E-state index >= 15 is 0 Å². The SMILES string of the molecule is COc1ccc(NC(=O)C2(C)COC(c3c(F)c(F)c(F)c(F)c3F)OC2)c(OC)c1. The number of nitrogens with one attached hydrogen (secondary N) is 1. The van der Waals surface area contributed by atoms with Crippen molar-refractivity contribution < 1.29 is 45.7 Å². The van der Waals surface area contributed by atoms with Crippen LogP contribution in [0.2, 0.25) is 0 Å². The minimum atomic E-state index is -2.28. The Morgan fingerprint density at radius 2 is 1.52 bits per heavy atom. The van der Waals surface area contributed by atoms with Crippen molar-refractivity contribution in [3.63, 3.8) is 0 Å². The van der Waals surface area contributed by atoms with Gasteiger partial charge in [0.05, 0.1) is 44.1 Å². The fourth-order valence-electron chi connectivity index (χ4n) is 2.91. The quantitative estimate of drug-likeness (QED) is 0.425. The van der Waals surface area contributed by atoms with Crippen LogP contribution in [0.5, 0.6) is 11.5 Å². The van der Waals surface area contributed by atoms with Gasteiger partial charge in [-0.15, -0.1) is 0 Å². The van der Waals surface area contributed by atoms with E-state index in [-0.39, 0.29) is 0 Å². The van der Waals surface area contributed by atoms with Gasteiger partial charge >= 0.3 is 0 Å². The molecule has 6 nitrogen and oxygen atoms in total. The number of rotatable bonds is 5. The maximum Gasteiger partial charge on any atom is 0.235 e. The van der Waals surface area contributed by atoms with E-state index in [2.05, 4.69) is 5.32 Å². The van der Waals surface area contributed by atoms with Gasteiger partial charge < -0.3 is 24.3 Å². The van der Waals surface area contributed by atoms with Crippen LogP contribution < -0.4 is 14.8 Å². The van der Waals surface area contributed by atoms with E-state index in [9.17, 15) is 26.7 Å². The van der Waals surface area contributed by atoms with E-state index in [0.29, 0.717) is 17.2 Å². The summed E-state index contributed by atoms with van der Waals surface area (Å²) in [5.74, 6) is -10.4. The molecule has 168 valence electrons. The lowest BCUT2D eigenvalue weighted by atomic mass is 9.90. The Bertz CT molecular complexity index is 979. The molecule has 0 radical (unpaired) electrons. The highest BCUT2D eigenvalue weighted by Crippen LogP contribution is 2.37. The summed E-state index contributed by atoms with van der Waals surface area (Å²) >= 11 is 0. The molecule has 1 aliphatic heterocycles. The summed E-state index contributed by atoms with van der Waals surface area (Å²) < 4.78 is 88.7. The largest absolute Gasteiger partial charge is 0.497 e. The Kier molecular flexibility index (Phi) is 6.37. The molecule has 0 saturated carbocycles. The summed E-state index contributed by atoms with van der Waals surface area (Å²) in [6, 6.07) is 4.68. The molecule has 1 heterocycles. The summed E-state index contributed by atoms with van der Waals surface area (Å²) in [6.45, 7) is 0.621. The second-order valence-electron chi connectivity index (χ2n) is 7.02. The molecule has 3 rings (SSSR count). The van der Waals surface area contributed by atoms with Crippen molar-refractivity contribution in [3.05, 3.63) is 52.8 Å². The van der Waals surface area contributed by atoms with Crippen LogP contribution in [0.15, 0.2) is 18.2 Å². The molecule has 0 aliphatic carbocycles. The van der Waals surface area contributed by atoms with Crippen molar-refractivity contribution in [3.8, 4) is 11.5 Å². The van der Waals surface area contributed by atoms with Crippen LogP contribution in [0, 0.1) is 34.5 Å². The van der Waals surface area contributed by atoms with E-state index in [4.69, 9.17) is 18.9 Å². The number of ether oxygens (including phenoxy) is 4. The van der Waals surface area contributed by atoms with Gasteiger partial charge in [-0.05, 0) is 19.1 Å². The van der Waals surface area contributed by atoms with Gasteiger partial charge in [0.2, 0.25) is 11.7 Å². The van der Waals surface area contributed by atoms with Crippen LogP contribution in [-0.2, 0) is 14.3 Å². The van der Waals surface area contributed by atoms with Crippen molar-refractivity contribution in [2.24, 2.45) is 5.41 Å². The smallest absolute Gasteiger partial charge is 0.235 e. The molecule has 1 fully saturated rings. The molecule has 1 aliphatic rings. The van der Waals surface area contributed by atoms with E-state index < -0.39 is 65.5 Å².